The second kappa shape index (κ2) is 19.9. The molecule has 9 aromatic rings. The van der Waals surface area contributed by atoms with Crippen molar-refractivity contribution >= 4 is 44.6 Å². The zero-order valence-electron chi connectivity index (χ0n) is 44.3. The minimum atomic E-state index is -0.205. The largest absolute Gasteiger partial charge is 4.00 e. The number of pyridine rings is 1. The van der Waals surface area contributed by atoms with Gasteiger partial charge in [0.2, 0.25) is 0 Å². The van der Waals surface area contributed by atoms with Gasteiger partial charge in [-0.1, -0.05) is 174 Å². The fraction of sp³-hybridized carbons (Fsp3) is 0.258. The predicted molar refractivity (Wildman–Crippen MR) is 300 cm³/mol. The molecule has 5 nitrogen and oxygen atoms in total. The third-order valence-electron chi connectivity index (χ3n) is 14.3. The van der Waals surface area contributed by atoms with E-state index in [9.17, 15) is 0 Å². The van der Waals surface area contributed by atoms with Crippen LogP contribution in [0.3, 0.4) is 0 Å². The van der Waals surface area contributed by atoms with E-state index >= 15 is 0 Å². The van der Waals surface area contributed by atoms with Gasteiger partial charge in [0.1, 0.15) is 5.82 Å². The van der Waals surface area contributed by atoms with Gasteiger partial charge in [-0.05, 0) is 109 Å². The molecule has 6 heteroatoms. The molecule has 0 radical (unpaired) electrons. The molecule has 0 atom stereocenters. The average Bonchev–Trinajstić information content (AvgIpc) is 3.89. The summed E-state index contributed by atoms with van der Waals surface area (Å²) in [7, 11) is 0. The molecule has 0 fully saturated rings. The summed E-state index contributed by atoms with van der Waals surface area (Å²) in [6.45, 7) is 29.6. The van der Waals surface area contributed by atoms with Crippen LogP contribution in [0, 0.1) is 26.2 Å². The molecule has 0 amide bonds. The molecule has 1 aliphatic rings. The number of benzene rings is 7. The Hall–Kier alpha value is -6.42. The van der Waals surface area contributed by atoms with Gasteiger partial charge in [-0.3, -0.25) is 0 Å². The minimum absolute atomic E-state index is 0. The Labute approximate surface area is 444 Å². The maximum absolute atomic E-state index is 7.09. The minimum Gasteiger partial charge on any atom is -0.509 e. The number of fused-ring (bicyclic) bond motifs is 4. The van der Waals surface area contributed by atoms with Crippen LogP contribution in [0.25, 0.3) is 38.8 Å². The number of hydrogen-bond acceptors (Lipinski definition) is 4. The van der Waals surface area contributed by atoms with Crippen LogP contribution in [0.2, 0.25) is 0 Å². The van der Waals surface area contributed by atoms with Crippen molar-refractivity contribution in [3.63, 3.8) is 0 Å². The van der Waals surface area contributed by atoms with Gasteiger partial charge in [-0.25, -0.2) is 4.98 Å². The predicted octanol–water partition coefficient (Wildman–Crippen LogP) is 18.3. The van der Waals surface area contributed by atoms with E-state index in [0.717, 1.165) is 55.9 Å². The van der Waals surface area contributed by atoms with Crippen LogP contribution in [0.15, 0.2) is 158 Å². The zero-order valence-corrected chi connectivity index (χ0v) is 46.5. The van der Waals surface area contributed by atoms with Crippen molar-refractivity contribution in [2.75, 3.05) is 9.80 Å². The molecule has 0 bridgehead atoms. The van der Waals surface area contributed by atoms with Crippen LogP contribution in [0.5, 0.6) is 11.5 Å². The van der Waals surface area contributed by atoms with Crippen molar-refractivity contribution in [1.29, 1.82) is 0 Å². The molecule has 7 aromatic carbocycles. The van der Waals surface area contributed by atoms with Gasteiger partial charge in [0.25, 0.3) is 0 Å². The first-order chi connectivity index (χ1) is 33.4. The Bertz CT molecular complexity index is 3380. The van der Waals surface area contributed by atoms with Gasteiger partial charge in [0, 0.05) is 45.7 Å². The molecule has 0 unspecified atom stereocenters. The molecule has 72 heavy (non-hydrogen) atoms. The maximum atomic E-state index is 7.09. The Balaban J connectivity index is 0.00000347. The van der Waals surface area contributed by atoms with E-state index in [1.165, 1.54) is 38.9 Å². The van der Waals surface area contributed by atoms with Gasteiger partial charge in [0.05, 0.1) is 0 Å². The Morgan fingerprint density at radius 3 is 1.89 bits per heavy atom. The summed E-state index contributed by atoms with van der Waals surface area (Å²) in [5, 5.41) is 2.23. The second-order valence-electron chi connectivity index (χ2n) is 22.3. The van der Waals surface area contributed by atoms with Crippen LogP contribution in [0.1, 0.15) is 128 Å². The third-order valence-corrected chi connectivity index (χ3v) is 14.3. The van der Waals surface area contributed by atoms with Crippen molar-refractivity contribution in [3.8, 4) is 28.4 Å². The van der Waals surface area contributed by atoms with Gasteiger partial charge in [0.15, 0.2) is 0 Å². The summed E-state index contributed by atoms with van der Waals surface area (Å²) in [5.41, 5.74) is 15.8. The number of hydrogen-bond donors (Lipinski definition) is 0. The molecule has 0 spiro atoms. The number of nitrogens with zero attached hydrogens (tertiary/aromatic N) is 4. The number of anilines is 4. The fourth-order valence-electron chi connectivity index (χ4n) is 10.1. The average molecular weight is 1130 g/mol. The van der Waals surface area contributed by atoms with Gasteiger partial charge >= 0.3 is 21.1 Å². The number of para-hydroxylation sites is 1. The van der Waals surface area contributed by atoms with Gasteiger partial charge in [-0.2, -0.15) is 6.07 Å². The van der Waals surface area contributed by atoms with Crippen LogP contribution in [0.4, 0.5) is 22.7 Å². The third kappa shape index (κ3) is 9.66. The summed E-state index contributed by atoms with van der Waals surface area (Å²) in [4.78, 5) is 9.57. The first-order valence-electron chi connectivity index (χ1n) is 24.9. The maximum Gasteiger partial charge on any atom is 4.00 e. The summed E-state index contributed by atoms with van der Waals surface area (Å²) >= 11 is 0. The monoisotopic (exact) mass is 1130 g/mol. The van der Waals surface area contributed by atoms with Crippen molar-refractivity contribution in [2.24, 2.45) is 0 Å². The van der Waals surface area contributed by atoms with Gasteiger partial charge < -0.3 is 26.5 Å². The van der Waals surface area contributed by atoms with Crippen LogP contribution >= 0.6 is 0 Å². The summed E-state index contributed by atoms with van der Waals surface area (Å²) in [6, 6.07) is 62.6. The zero-order chi connectivity index (χ0) is 49.3. The van der Waals surface area contributed by atoms with Crippen molar-refractivity contribution in [1.82, 2.24) is 9.55 Å². The molecule has 0 saturated carbocycles. The quantitative estimate of drug-likeness (QED) is 0.128. The van der Waals surface area contributed by atoms with E-state index in [4.69, 9.17) is 9.72 Å². The Morgan fingerprint density at radius 1 is 0.542 bits per heavy atom. The molecule has 0 N–H and O–H groups in total. The van der Waals surface area contributed by atoms with E-state index in [2.05, 4.69) is 262 Å². The molecular formula is C66H68N4OPt. The normalized spacial score (nSPS) is 12.9. The van der Waals surface area contributed by atoms with Crippen molar-refractivity contribution in [3.05, 3.63) is 217 Å². The molecule has 10 rings (SSSR count). The second-order valence-corrected chi connectivity index (χ2v) is 22.3. The fourth-order valence-corrected chi connectivity index (χ4v) is 10.1. The smallest absolute Gasteiger partial charge is 0.509 e. The Kier molecular flexibility index (Phi) is 14.3. The van der Waals surface area contributed by atoms with E-state index in [-0.39, 0.29) is 44.7 Å². The number of aromatic nitrogens is 2. The van der Waals surface area contributed by atoms with Crippen LogP contribution < -0.4 is 14.5 Å². The van der Waals surface area contributed by atoms with Crippen molar-refractivity contribution < 1.29 is 25.8 Å². The molecule has 0 aliphatic carbocycles. The van der Waals surface area contributed by atoms with E-state index in [1.54, 1.807) is 0 Å². The molecule has 2 aromatic heterocycles. The standard InChI is InChI=1S/C65H65N4O.CH3.Pt/c1-42(2)53-25-19-26-54(43(3)4)62(53)44-34-50(39-52(35-44)70-51-29-30-56-55-24-16-17-27-57(55)69(59(56)40-51)61-38-47(32-33-66-61)64(8,9)10)68-41-67(58-31-28-46(37-60(58)68)63(5,6)7)49-23-18-22-48(36-49)65(11,12)45-20-14-13-15-21-45;;/h13-38,41-43H,1-12H3;1H3;/q-3;-1;+4. The van der Waals surface area contributed by atoms with E-state index in [1.807, 2.05) is 12.3 Å². The molecular weight excluding hydrogens is 1060 g/mol. The van der Waals surface area contributed by atoms with Crippen LogP contribution in [-0.2, 0) is 37.3 Å². The first kappa shape index (κ1) is 51.9. The Morgan fingerprint density at radius 2 is 1.19 bits per heavy atom. The summed E-state index contributed by atoms with van der Waals surface area (Å²) in [5.74, 6) is 2.66. The summed E-state index contributed by atoms with van der Waals surface area (Å²) < 4.78 is 9.31. The molecule has 0 saturated heterocycles. The molecule has 368 valence electrons. The van der Waals surface area contributed by atoms with E-state index in [0.29, 0.717) is 23.3 Å². The SMILES string of the molecule is CC(C)c1cccc(C(C)C)c1-c1cc(Oc2[c-]c3c(cc2)c2ccccc2n3-c2cc(C(C)(C)C)ccn2)[c-]c(N2[CH-]N(c3cccc(C(C)(C)c4ccccc4)c3)c3ccc(C(C)(C)C)cc32)c1.[CH3-].[Pt+4]. The topological polar surface area (TPSA) is 33.5 Å². The van der Waals surface area contributed by atoms with E-state index < -0.39 is 0 Å². The van der Waals surface area contributed by atoms with Crippen molar-refractivity contribution in [2.45, 2.75) is 111 Å². The first-order valence-corrected chi connectivity index (χ1v) is 24.9. The molecule has 3 heterocycles. The molecule has 1 aliphatic heterocycles. The number of ether oxygens (including phenoxy) is 1. The van der Waals surface area contributed by atoms with Gasteiger partial charge in [-0.15, -0.1) is 53.6 Å². The van der Waals surface area contributed by atoms with Crippen LogP contribution in [-0.4, -0.2) is 9.55 Å². The summed E-state index contributed by atoms with van der Waals surface area (Å²) in [6.07, 6.45) is 1.92. The number of rotatable bonds is 10.